The molecule has 0 N–H and O–H groups in total. The number of hydrogen-bond donors (Lipinski definition) is 0. The summed E-state index contributed by atoms with van der Waals surface area (Å²) in [6.45, 7) is 29.9. The zero-order valence-electron chi connectivity index (χ0n) is 34.9. The van der Waals surface area contributed by atoms with Gasteiger partial charge in [-0.3, -0.25) is 0 Å². The molecule has 0 amide bonds. The van der Waals surface area contributed by atoms with E-state index in [0.717, 1.165) is 30.8 Å². The van der Waals surface area contributed by atoms with Gasteiger partial charge in [0, 0.05) is 0 Å². The van der Waals surface area contributed by atoms with E-state index in [1.807, 2.05) is 0 Å². The van der Waals surface area contributed by atoms with Crippen LogP contribution in [-0.2, 0) is 12.8 Å². The van der Waals surface area contributed by atoms with E-state index in [9.17, 15) is 0 Å². The second kappa shape index (κ2) is 14.8. The fourth-order valence-electron chi connectivity index (χ4n) is 12.2. The van der Waals surface area contributed by atoms with Crippen LogP contribution in [-0.4, -0.2) is 36.9 Å². The predicted octanol–water partition coefficient (Wildman–Crippen LogP) is 13.7. The Balaban J connectivity index is 1.72. The van der Waals surface area contributed by atoms with Crippen LogP contribution < -0.4 is 19.4 Å². The van der Waals surface area contributed by atoms with E-state index in [0.29, 0.717) is 33.2 Å². The van der Waals surface area contributed by atoms with Crippen LogP contribution in [0.5, 0.6) is 11.5 Å². The van der Waals surface area contributed by atoms with Crippen LogP contribution in [0.2, 0.25) is 33.2 Å². The average Bonchev–Trinajstić information content (AvgIpc) is 3.26. The Morgan fingerprint density at radius 3 is 1.31 bits per heavy atom. The van der Waals surface area contributed by atoms with Gasteiger partial charge < -0.3 is 0 Å². The number of fused-ring (bicyclic) bond motifs is 8. The van der Waals surface area contributed by atoms with Gasteiger partial charge in [-0.1, -0.05) is 0 Å². The van der Waals surface area contributed by atoms with Crippen molar-refractivity contribution < 1.29 is 9.05 Å². The summed E-state index contributed by atoms with van der Waals surface area (Å²) in [5, 5.41) is 8.14. The van der Waals surface area contributed by atoms with E-state index in [1.54, 1.807) is 0 Å². The standard InChI is InChI=1S/C48H63O2PSeSi2/c1-30(2)53(31(3)4,32(5)6)43-28-38-21-15-17-23-41(38)45-46-42-24-18-16-22-39(42)29-44(54(33(7)8,34(9)10)35(11)12)48(46)50-51(52,49-47(43)45)40-26-25-36-19-13-14-20-37(36)27-40/h13-24,28-35,40H,25-27H2,1-12H3. The summed E-state index contributed by atoms with van der Waals surface area (Å²) in [4.78, 5) is 0. The van der Waals surface area contributed by atoms with Gasteiger partial charge in [0.25, 0.3) is 0 Å². The van der Waals surface area contributed by atoms with Gasteiger partial charge in [0.2, 0.25) is 0 Å². The first-order chi connectivity index (χ1) is 25.6. The topological polar surface area (TPSA) is 18.5 Å². The van der Waals surface area contributed by atoms with Crippen molar-refractivity contribution in [1.29, 1.82) is 0 Å². The van der Waals surface area contributed by atoms with E-state index in [-0.39, 0.29) is 5.66 Å². The molecule has 0 aromatic heterocycles. The van der Waals surface area contributed by atoms with E-state index < -0.39 is 22.1 Å². The van der Waals surface area contributed by atoms with E-state index >= 15 is 0 Å². The normalized spacial score (nSPS) is 17.3. The van der Waals surface area contributed by atoms with E-state index in [2.05, 4.69) is 183 Å². The van der Waals surface area contributed by atoms with Gasteiger partial charge in [-0.2, -0.15) is 0 Å². The molecule has 5 aromatic rings. The maximum atomic E-state index is 8.06. The first-order valence-corrected chi connectivity index (χ1v) is 29.2. The fraction of sp³-hybridized carbons (Fsp3) is 0.458. The molecule has 1 aliphatic carbocycles. The Morgan fingerprint density at radius 1 is 0.537 bits per heavy atom. The molecule has 286 valence electrons. The number of benzene rings is 5. The average molecular weight is 838 g/mol. The maximum absolute atomic E-state index is 8.06. The molecule has 6 heteroatoms. The summed E-state index contributed by atoms with van der Waals surface area (Å²) in [5.41, 5.74) is 8.84. The molecule has 7 rings (SSSR count). The van der Waals surface area contributed by atoms with Gasteiger partial charge in [0.15, 0.2) is 0 Å². The molecule has 0 fully saturated rings. The Bertz CT molecular complexity index is 2080. The van der Waals surface area contributed by atoms with Crippen LogP contribution in [0, 0.1) is 0 Å². The fourth-order valence-corrected chi connectivity index (χ4v) is 30.2. The Labute approximate surface area is 336 Å². The second-order valence-electron chi connectivity index (χ2n) is 18.4. The summed E-state index contributed by atoms with van der Waals surface area (Å²) < 4.78 is 16.1. The molecule has 1 unspecified atom stereocenters. The van der Waals surface area contributed by atoms with Crippen LogP contribution in [0.25, 0.3) is 32.7 Å². The Kier molecular flexibility index (Phi) is 10.9. The molecule has 54 heavy (non-hydrogen) atoms. The third-order valence-electron chi connectivity index (χ3n) is 14.1. The molecule has 0 radical (unpaired) electrons. The first-order valence-electron chi connectivity index (χ1n) is 20.8. The molecular formula is C48H63O2PSeSi2. The quantitative estimate of drug-likeness (QED) is 0.109. The molecule has 1 atom stereocenters. The Hall–Kier alpha value is -2.40. The summed E-state index contributed by atoms with van der Waals surface area (Å²) in [6.07, 6.45) is 3.07. The van der Waals surface area contributed by atoms with Gasteiger partial charge in [-0.05, 0) is 0 Å². The van der Waals surface area contributed by atoms with Gasteiger partial charge in [-0.25, -0.2) is 0 Å². The summed E-state index contributed by atoms with van der Waals surface area (Å²) >= 11 is 3.84. The first kappa shape index (κ1) is 39.8. The van der Waals surface area contributed by atoms with Crippen molar-refractivity contribution in [2.24, 2.45) is 0 Å². The van der Waals surface area contributed by atoms with E-state index in [1.165, 1.54) is 54.2 Å². The predicted molar refractivity (Wildman–Crippen MR) is 244 cm³/mol. The van der Waals surface area contributed by atoms with Crippen molar-refractivity contribution in [2.45, 2.75) is 141 Å². The number of hydrogen-bond acceptors (Lipinski definition) is 2. The third kappa shape index (κ3) is 6.01. The molecule has 5 aromatic carbocycles. The zero-order valence-corrected chi connectivity index (χ0v) is 39.5. The van der Waals surface area contributed by atoms with Crippen LogP contribution in [0.15, 0.2) is 84.9 Å². The van der Waals surface area contributed by atoms with Crippen molar-refractivity contribution in [3.05, 3.63) is 96.1 Å². The zero-order chi connectivity index (χ0) is 38.9. The van der Waals surface area contributed by atoms with Crippen molar-refractivity contribution in [2.75, 3.05) is 0 Å². The van der Waals surface area contributed by atoms with Crippen molar-refractivity contribution in [1.82, 2.24) is 0 Å². The molecule has 1 aliphatic heterocycles. The van der Waals surface area contributed by atoms with Crippen LogP contribution in [0.3, 0.4) is 0 Å². The molecule has 1 heterocycles. The van der Waals surface area contributed by atoms with Gasteiger partial charge in [0.1, 0.15) is 0 Å². The Morgan fingerprint density at radius 2 is 0.907 bits per heavy atom. The van der Waals surface area contributed by atoms with Crippen molar-refractivity contribution in [3.63, 3.8) is 0 Å². The number of rotatable bonds is 9. The second-order valence-corrected chi connectivity index (χ2v) is 35.5. The molecule has 2 nitrogen and oxygen atoms in total. The molecule has 0 saturated heterocycles. The van der Waals surface area contributed by atoms with Gasteiger partial charge in [-0.15, -0.1) is 0 Å². The van der Waals surface area contributed by atoms with Crippen LogP contribution in [0.4, 0.5) is 0 Å². The van der Waals surface area contributed by atoms with Crippen LogP contribution in [0.1, 0.15) is 101 Å². The van der Waals surface area contributed by atoms with Crippen molar-refractivity contribution in [3.8, 4) is 22.6 Å². The minimum atomic E-state index is -2.71. The van der Waals surface area contributed by atoms with Gasteiger partial charge >= 0.3 is 338 Å². The SMILES string of the molecule is CC(C)[Si](c1cc2ccccc2c2c1OP(=[Se])(C1CCc3ccccc3C1)Oc1c([Si](C(C)C)(C(C)C)C(C)C)cc3ccccc3c1-2)(C(C)C)C(C)C. The van der Waals surface area contributed by atoms with E-state index in [4.69, 9.17) is 9.05 Å². The molecular weight excluding hydrogens is 775 g/mol. The summed E-state index contributed by atoms with van der Waals surface area (Å²) in [6, 6.07) is 32.6. The molecule has 2 aliphatic rings. The summed E-state index contributed by atoms with van der Waals surface area (Å²) in [5.74, 6) is -0.474. The molecule has 0 saturated carbocycles. The number of aryl methyl sites for hydroxylation is 1. The molecule has 0 bridgehead atoms. The molecule has 0 spiro atoms. The minimum absolute atomic E-state index is 0.242. The third-order valence-corrected chi connectivity index (χ3v) is 33.2. The van der Waals surface area contributed by atoms with Gasteiger partial charge in [0.05, 0.1) is 0 Å². The summed E-state index contributed by atoms with van der Waals surface area (Å²) in [7, 11) is -4.51. The monoisotopic (exact) mass is 838 g/mol. The van der Waals surface area contributed by atoms with Crippen molar-refractivity contribution >= 4 is 69.1 Å². The van der Waals surface area contributed by atoms with Crippen LogP contribution >= 0.6 is 5.96 Å².